The number of carbonyl (C=O) groups is 1. The lowest BCUT2D eigenvalue weighted by Gasteiger charge is -1.97. The van der Waals surface area contributed by atoms with Crippen molar-refractivity contribution in [2.45, 2.75) is 6.92 Å². The molecule has 0 radical (unpaired) electrons. The number of amides is 1. The highest BCUT2D eigenvalue weighted by Crippen LogP contribution is 2.08. The highest BCUT2D eigenvalue weighted by atomic mass is 16.3. The standard InChI is InChI=1S/C13H11N5O2/c1-8(17-18-13(19)10-5-3-7-20-10)11-15-9-4-2-6-14-12(9)16-11/h2-7H,1H3,(H,18,19)(H,14,15,16). The van der Waals surface area contributed by atoms with Gasteiger partial charge in [0.05, 0.1) is 11.8 Å². The molecule has 1 amide bonds. The number of pyridine rings is 1. The van der Waals surface area contributed by atoms with Crippen LogP contribution in [0.2, 0.25) is 0 Å². The number of carbonyl (C=O) groups excluding carboxylic acids is 1. The largest absolute Gasteiger partial charge is 0.459 e. The Bertz CT molecular complexity index is 740. The lowest BCUT2D eigenvalue weighted by molar-refractivity contribution is 0.0927. The van der Waals surface area contributed by atoms with E-state index in [1.165, 1.54) is 6.26 Å². The second-order valence-electron chi connectivity index (χ2n) is 4.08. The van der Waals surface area contributed by atoms with Crippen LogP contribution in [-0.2, 0) is 0 Å². The predicted octanol–water partition coefficient (Wildman–Crippen LogP) is 1.70. The molecule has 3 aromatic rings. The van der Waals surface area contributed by atoms with Crippen molar-refractivity contribution in [3.63, 3.8) is 0 Å². The Kier molecular flexibility index (Phi) is 3.00. The number of imidazole rings is 1. The van der Waals surface area contributed by atoms with Gasteiger partial charge in [0, 0.05) is 6.20 Å². The zero-order valence-corrected chi connectivity index (χ0v) is 10.6. The highest BCUT2D eigenvalue weighted by molar-refractivity contribution is 5.99. The highest BCUT2D eigenvalue weighted by Gasteiger charge is 2.09. The number of hydrazone groups is 1. The Morgan fingerprint density at radius 2 is 2.30 bits per heavy atom. The van der Waals surface area contributed by atoms with Crippen molar-refractivity contribution in [1.82, 2.24) is 20.4 Å². The fourth-order valence-electron chi connectivity index (χ4n) is 1.67. The monoisotopic (exact) mass is 269 g/mol. The van der Waals surface area contributed by atoms with E-state index in [2.05, 4.69) is 25.5 Å². The maximum atomic E-state index is 11.7. The molecule has 100 valence electrons. The number of H-pyrrole nitrogens is 1. The minimum absolute atomic E-state index is 0.202. The van der Waals surface area contributed by atoms with E-state index in [1.807, 2.05) is 12.1 Å². The number of nitrogens with one attached hydrogen (secondary N) is 2. The molecule has 3 aromatic heterocycles. The first-order chi connectivity index (χ1) is 9.74. The van der Waals surface area contributed by atoms with Gasteiger partial charge in [-0.2, -0.15) is 5.10 Å². The Morgan fingerprint density at radius 1 is 1.40 bits per heavy atom. The van der Waals surface area contributed by atoms with Crippen molar-refractivity contribution in [2.75, 3.05) is 0 Å². The topological polar surface area (TPSA) is 96.2 Å². The van der Waals surface area contributed by atoms with Gasteiger partial charge in [0.25, 0.3) is 0 Å². The van der Waals surface area contributed by atoms with Gasteiger partial charge in [-0.05, 0) is 31.2 Å². The van der Waals surface area contributed by atoms with E-state index < -0.39 is 5.91 Å². The summed E-state index contributed by atoms with van der Waals surface area (Å²) in [5.74, 6) is 0.342. The zero-order valence-electron chi connectivity index (χ0n) is 10.6. The number of furan rings is 1. The molecule has 3 heterocycles. The van der Waals surface area contributed by atoms with Crippen LogP contribution in [-0.4, -0.2) is 26.6 Å². The Morgan fingerprint density at radius 3 is 3.05 bits per heavy atom. The molecule has 0 saturated carbocycles. The fraction of sp³-hybridized carbons (Fsp3) is 0.0769. The first kappa shape index (κ1) is 12.1. The van der Waals surface area contributed by atoms with E-state index in [0.29, 0.717) is 17.2 Å². The van der Waals surface area contributed by atoms with Gasteiger partial charge in [-0.15, -0.1) is 0 Å². The first-order valence-corrected chi connectivity index (χ1v) is 5.93. The van der Waals surface area contributed by atoms with Gasteiger partial charge in [0.2, 0.25) is 0 Å². The van der Waals surface area contributed by atoms with Crippen molar-refractivity contribution < 1.29 is 9.21 Å². The summed E-state index contributed by atoms with van der Waals surface area (Å²) >= 11 is 0. The second kappa shape index (κ2) is 4.96. The van der Waals surface area contributed by atoms with Gasteiger partial charge in [0.15, 0.2) is 17.2 Å². The molecule has 0 saturated heterocycles. The molecule has 0 aliphatic rings. The third-order valence-corrected chi connectivity index (χ3v) is 2.67. The molecule has 0 aliphatic carbocycles. The van der Waals surface area contributed by atoms with Crippen molar-refractivity contribution in [3.05, 3.63) is 48.3 Å². The Hall–Kier alpha value is -2.96. The minimum Gasteiger partial charge on any atom is -0.459 e. The number of nitrogens with zero attached hydrogens (tertiary/aromatic N) is 3. The van der Waals surface area contributed by atoms with Gasteiger partial charge < -0.3 is 9.40 Å². The van der Waals surface area contributed by atoms with E-state index in [4.69, 9.17) is 4.42 Å². The van der Waals surface area contributed by atoms with Crippen molar-refractivity contribution in [1.29, 1.82) is 0 Å². The molecular weight excluding hydrogens is 258 g/mol. The molecule has 3 rings (SSSR count). The average molecular weight is 269 g/mol. The lowest BCUT2D eigenvalue weighted by atomic mass is 10.4. The zero-order chi connectivity index (χ0) is 13.9. The van der Waals surface area contributed by atoms with Gasteiger partial charge in [-0.1, -0.05) is 0 Å². The van der Waals surface area contributed by atoms with Crippen LogP contribution in [0.5, 0.6) is 0 Å². The smallest absolute Gasteiger partial charge is 0.307 e. The number of hydrogen-bond acceptors (Lipinski definition) is 5. The van der Waals surface area contributed by atoms with Crippen LogP contribution in [0.4, 0.5) is 0 Å². The van der Waals surface area contributed by atoms with Crippen LogP contribution >= 0.6 is 0 Å². The molecule has 0 spiro atoms. The molecule has 0 aromatic carbocycles. The van der Waals surface area contributed by atoms with Crippen LogP contribution in [0.15, 0.2) is 46.2 Å². The average Bonchev–Trinajstić information content (AvgIpc) is 3.12. The van der Waals surface area contributed by atoms with Crippen molar-refractivity contribution in [3.8, 4) is 0 Å². The lowest BCUT2D eigenvalue weighted by Crippen LogP contribution is -2.19. The first-order valence-electron chi connectivity index (χ1n) is 5.93. The van der Waals surface area contributed by atoms with Crippen LogP contribution in [0.1, 0.15) is 23.3 Å². The van der Waals surface area contributed by atoms with E-state index in [1.54, 1.807) is 25.3 Å². The van der Waals surface area contributed by atoms with Crippen molar-refractivity contribution in [2.24, 2.45) is 5.10 Å². The molecule has 0 bridgehead atoms. The Labute approximate surface area is 113 Å². The maximum Gasteiger partial charge on any atom is 0.307 e. The molecule has 0 aliphatic heterocycles. The molecule has 0 unspecified atom stereocenters. The number of aromatic amines is 1. The number of rotatable bonds is 3. The summed E-state index contributed by atoms with van der Waals surface area (Å²) in [4.78, 5) is 23.1. The number of fused-ring (bicyclic) bond motifs is 1. The predicted molar refractivity (Wildman–Crippen MR) is 72.3 cm³/mol. The maximum absolute atomic E-state index is 11.7. The molecule has 0 fully saturated rings. The molecular formula is C13H11N5O2. The summed E-state index contributed by atoms with van der Waals surface area (Å²) < 4.78 is 4.97. The molecule has 7 heteroatoms. The van der Waals surface area contributed by atoms with Gasteiger partial charge in [-0.3, -0.25) is 4.79 Å². The number of hydrogen-bond donors (Lipinski definition) is 2. The molecule has 20 heavy (non-hydrogen) atoms. The SMILES string of the molecule is CC(=NNC(=O)c1ccco1)c1nc2ncccc2[nH]1. The second-order valence-corrected chi connectivity index (χ2v) is 4.08. The summed E-state index contributed by atoms with van der Waals surface area (Å²) in [5.41, 5.74) is 4.37. The van der Waals surface area contributed by atoms with Crippen LogP contribution in [0.3, 0.4) is 0 Å². The van der Waals surface area contributed by atoms with Gasteiger partial charge in [0.1, 0.15) is 5.71 Å². The van der Waals surface area contributed by atoms with Crippen LogP contribution in [0.25, 0.3) is 11.2 Å². The van der Waals surface area contributed by atoms with Crippen LogP contribution in [0, 0.1) is 0 Å². The summed E-state index contributed by atoms with van der Waals surface area (Å²) in [7, 11) is 0. The third-order valence-electron chi connectivity index (χ3n) is 2.67. The third kappa shape index (κ3) is 2.28. The van der Waals surface area contributed by atoms with Gasteiger partial charge >= 0.3 is 5.91 Å². The Balaban J connectivity index is 1.79. The molecule has 2 N–H and O–H groups in total. The minimum atomic E-state index is -0.413. The van der Waals surface area contributed by atoms with Crippen LogP contribution < -0.4 is 5.43 Å². The summed E-state index contributed by atoms with van der Waals surface area (Å²) in [6, 6.07) is 6.88. The molecule has 7 nitrogen and oxygen atoms in total. The van der Waals surface area contributed by atoms with E-state index in [0.717, 1.165) is 5.52 Å². The molecule has 0 atom stereocenters. The van der Waals surface area contributed by atoms with E-state index >= 15 is 0 Å². The van der Waals surface area contributed by atoms with E-state index in [-0.39, 0.29) is 5.76 Å². The fourth-order valence-corrected chi connectivity index (χ4v) is 1.67. The van der Waals surface area contributed by atoms with Crippen molar-refractivity contribution >= 4 is 22.8 Å². The summed E-state index contributed by atoms with van der Waals surface area (Å²) in [5, 5.41) is 3.98. The summed E-state index contributed by atoms with van der Waals surface area (Å²) in [6.07, 6.45) is 3.09. The number of aromatic nitrogens is 3. The van der Waals surface area contributed by atoms with Gasteiger partial charge in [-0.25, -0.2) is 15.4 Å². The van der Waals surface area contributed by atoms with E-state index in [9.17, 15) is 4.79 Å². The quantitative estimate of drug-likeness (QED) is 0.558. The summed E-state index contributed by atoms with van der Waals surface area (Å²) in [6.45, 7) is 1.74. The normalized spacial score (nSPS) is 11.8.